The predicted molar refractivity (Wildman–Crippen MR) is 60.2 cm³/mol. The summed E-state index contributed by atoms with van der Waals surface area (Å²) in [4.78, 5) is 34.4. The monoisotopic (exact) mass is 241 g/mol. The van der Waals surface area contributed by atoms with Gasteiger partial charge < -0.3 is 4.79 Å². The minimum atomic E-state index is -0.671. The maximum Gasteiger partial charge on any atom is 0.253 e. The molecule has 88 valence electrons. The van der Waals surface area contributed by atoms with Gasteiger partial charge in [0.25, 0.3) is 5.78 Å². The summed E-state index contributed by atoms with van der Waals surface area (Å²) >= 11 is 0. The number of aromatic nitrogens is 3. The van der Waals surface area contributed by atoms with Crippen molar-refractivity contribution in [2.24, 2.45) is 0 Å². The van der Waals surface area contributed by atoms with Crippen LogP contribution in [0.25, 0.3) is 11.3 Å². The molecular formula is C12H7N3O3. The highest BCUT2D eigenvalue weighted by atomic mass is 16.2. The Morgan fingerprint density at radius 3 is 2.56 bits per heavy atom. The minimum absolute atomic E-state index is 0.0887. The highest BCUT2D eigenvalue weighted by Gasteiger charge is 2.34. The number of carbonyl (C=O) groups is 3. The van der Waals surface area contributed by atoms with Gasteiger partial charge in [-0.15, -0.1) is 5.10 Å². The number of rotatable bonds is 2. The topological polar surface area (TPSA) is 81.9 Å². The molecule has 0 radical (unpaired) electrons. The third-order valence-corrected chi connectivity index (χ3v) is 2.83. The van der Waals surface area contributed by atoms with Crippen LogP contribution in [0, 0.1) is 0 Å². The predicted octanol–water partition coefficient (Wildman–Crippen LogP) is 0.523. The second-order valence-corrected chi connectivity index (χ2v) is 3.84. The Kier molecular flexibility index (Phi) is 2.16. The first-order valence-electron chi connectivity index (χ1n) is 5.29. The van der Waals surface area contributed by atoms with Crippen LogP contribution < -0.4 is 0 Å². The van der Waals surface area contributed by atoms with Crippen molar-refractivity contribution in [2.45, 2.75) is 6.54 Å². The number of benzene rings is 1. The molecule has 0 bridgehead atoms. The highest BCUT2D eigenvalue weighted by Crippen LogP contribution is 2.31. The Hall–Kier alpha value is -2.63. The zero-order chi connectivity index (χ0) is 12.7. The SMILES string of the molecule is O=CCn1nnc2c1C(=O)C(=O)c1ccccc1-2. The Morgan fingerprint density at radius 2 is 1.83 bits per heavy atom. The zero-order valence-corrected chi connectivity index (χ0v) is 9.16. The molecule has 0 saturated heterocycles. The van der Waals surface area contributed by atoms with E-state index in [0.717, 1.165) is 4.68 Å². The van der Waals surface area contributed by atoms with Gasteiger partial charge >= 0.3 is 0 Å². The summed E-state index contributed by atoms with van der Waals surface area (Å²) in [6.07, 6.45) is 0.604. The molecule has 2 aromatic rings. The van der Waals surface area contributed by atoms with Gasteiger partial charge in [-0.2, -0.15) is 0 Å². The van der Waals surface area contributed by atoms with E-state index in [-0.39, 0.29) is 12.2 Å². The van der Waals surface area contributed by atoms with Crippen LogP contribution in [0.4, 0.5) is 0 Å². The van der Waals surface area contributed by atoms with Gasteiger partial charge in [-0.25, -0.2) is 4.68 Å². The Bertz CT molecular complexity index is 688. The van der Waals surface area contributed by atoms with E-state index < -0.39 is 11.6 Å². The molecule has 3 rings (SSSR count). The maximum atomic E-state index is 12.0. The quantitative estimate of drug-likeness (QED) is 0.565. The van der Waals surface area contributed by atoms with Gasteiger partial charge in [-0.05, 0) is 0 Å². The standard InChI is InChI=1S/C12H7N3O3/c16-6-5-15-10-9(13-14-15)7-3-1-2-4-8(7)11(17)12(10)18/h1-4,6H,5H2. The first-order valence-corrected chi connectivity index (χ1v) is 5.29. The average Bonchev–Trinajstić information content (AvgIpc) is 2.81. The summed E-state index contributed by atoms with van der Waals surface area (Å²) in [5, 5.41) is 7.62. The summed E-state index contributed by atoms with van der Waals surface area (Å²) in [7, 11) is 0. The molecule has 0 fully saturated rings. The van der Waals surface area contributed by atoms with Crippen molar-refractivity contribution < 1.29 is 14.4 Å². The van der Waals surface area contributed by atoms with Crippen molar-refractivity contribution in [3.63, 3.8) is 0 Å². The van der Waals surface area contributed by atoms with E-state index in [1.807, 2.05) is 0 Å². The van der Waals surface area contributed by atoms with Gasteiger partial charge in [0, 0.05) is 11.1 Å². The molecule has 1 aliphatic rings. The van der Waals surface area contributed by atoms with E-state index in [1.54, 1.807) is 24.3 Å². The Morgan fingerprint density at radius 1 is 1.11 bits per heavy atom. The van der Waals surface area contributed by atoms with Crippen LogP contribution in [0.15, 0.2) is 24.3 Å². The van der Waals surface area contributed by atoms with Gasteiger partial charge in [-0.1, -0.05) is 29.5 Å². The van der Waals surface area contributed by atoms with E-state index in [9.17, 15) is 14.4 Å². The van der Waals surface area contributed by atoms with Gasteiger partial charge in [0.1, 0.15) is 17.7 Å². The fourth-order valence-corrected chi connectivity index (χ4v) is 2.04. The summed E-state index contributed by atoms with van der Waals surface area (Å²) < 4.78 is 1.15. The van der Waals surface area contributed by atoms with Crippen LogP contribution in [0.1, 0.15) is 20.8 Å². The van der Waals surface area contributed by atoms with Gasteiger partial charge in [0.2, 0.25) is 5.78 Å². The summed E-state index contributed by atoms with van der Waals surface area (Å²) in [6, 6.07) is 6.73. The molecule has 0 N–H and O–H groups in total. The molecule has 1 heterocycles. The largest absolute Gasteiger partial charge is 0.301 e. The third kappa shape index (κ3) is 1.26. The molecule has 0 atom stereocenters. The molecule has 1 aromatic heterocycles. The number of nitrogens with zero attached hydrogens (tertiary/aromatic N) is 3. The number of carbonyl (C=O) groups excluding carboxylic acids is 3. The molecular weight excluding hydrogens is 234 g/mol. The molecule has 1 aromatic carbocycles. The van der Waals surface area contributed by atoms with E-state index in [0.29, 0.717) is 23.1 Å². The van der Waals surface area contributed by atoms with Crippen LogP contribution >= 0.6 is 0 Å². The lowest BCUT2D eigenvalue weighted by Crippen LogP contribution is -2.24. The number of hydrogen-bond donors (Lipinski definition) is 0. The first-order chi connectivity index (χ1) is 8.74. The van der Waals surface area contributed by atoms with Crippen molar-refractivity contribution in [3.8, 4) is 11.3 Å². The van der Waals surface area contributed by atoms with Crippen molar-refractivity contribution >= 4 is 17.9 Å². The lowest BCUT2D eigenvalue weighted by molar-refractivity contribution is -0.108. The number of fused-ring (bicyclic) bond motifs is 3. The fraction of sp³-hybridized carbons (Fsp3) is 0.0833. The molecule has 1 aliphatic carbocycles. The summed E-state index contributed by atoms with van der Waals surface area (Å²) in [5.74, 6) is -1.26. The van der Waals surface area contributed by atoms with E-state index in [2.05, 4.69) is 10.3 Å². The van der Waals surface area contributed by atoms with Crippen LogP contribution in [0.5, 0.6) is 0 Å². The molecule has 0 saturated carbocycles. The van der Waals surface area contributed by atoms with E-state index in [1.165, 1.54) is 0 Å². The van der Waals surface area contributed by atoms with E-state index >= 15 is 0 Å². The minimum Gasteiger partial charge on any atom is -0.301 e. The number of hydrogen-bond acceptors (Lipinski definition) is 5. The van der Waals surface area contributed by atoms with Gasteiger partial charge in [0.05, 0.1) is 6.54 Å². The molecule has 6 heteroatoms. The zero-order valence-electron chi connectivity index (χ0n) is 9.16. The lowest BCUT2D eigenvalue weighted by atomic mass is 9.90. The number of aldehydes is 1. The second-order valence-electron chi connectivity index (χ2n) is 3.84. The van der Waals surface area contributed by atoms with Crippen molar-refractivity contribution in [1.82, 2.24) is 15.0 Å². The Balaban J connectivity index is 2.31. The van der Waals surface area contributed by atoms with Gasteiger partial charge in [-0.3, -0.25) is 9.59 Å². The summed E-state index contributed by atoms with van der Waals surface area (Å²) in [5.41, 5.74) is 1.35. The number of ketones is 2. The molecule has 0 amide bonds. The van der Waals surface area contributed by atoms with E-state index in [4.69, 9.17) is 0 Å². The molecule has 18 heavy (non-hydrogen) atoms. The van der Waals surface area contributed by atoms with Crippen molar-refractivity contribution in [2.75, 3.05) is 0 Å². The van der Waals surface area contributed by atoms with Crippen molar-refractivity contribution in [1.29, 1.82) is 0 Å². The van der Waals surface area contributed by atoms with Crippen LogP contribution in [0.2, 0.25) is 0 Å². The van der Waals surface area contributed by atoms with Crippen molar-refractivity contribution in [3.05, 3.63) is 35.5 Å². The molecule has 0 aliphatic heterocycles. The average molecular weight is 241 g/mol. The fourth-order valence-electron chi connectivity index (χ4n) is 2.04. The normalized spacial score (nSPS) is 13.1. The van der Waals surface area contributed by atoms with Crippen LogP contribution in [-0.4, -0.2) is 32.8 Å². The van der Waals surface area contributed by atoms with Crippen LogP contribution in [0.3, 0.4) is 0 Å². The number of Topliss-reactive ketones (excluding diaryl/α,β-unsaturated/α-hetero) is 2. The third-order valence-electron chi connectivity index (χ3n) is 2.83. The second kappa shape index (κ2) is 3.69. The Labute approximate surface area is 101 Å². The molecule has 6 nitrogen and oxygen atoms in total. The smallest absolute Gasteiger partial charge is 0.253 e. The first kappa shape index (κ1) is 10.5. The highest BCUT2D eigenvalue weighted by molar-refractivity contribution is 6.52. The van der Waals surface area contributed by atoms with Gasteiger partial charge in [0.15, 0.2) is 0 Å². The maximum absolute atomic E-state index is 12.0. The molecule has 0 unspecified atom stereocenters. The van der Waals surface area contributed by atoms with Crippen LogP contribution in [-0.2, 0) is 11.3 Å². The summed E-state index contributed by atoms with van der Waals surface area (Å²) in [6.45, 7) is -0.0937. The molecule has 0 spiro atoms. The lowest BCUT2D eigenvalue weighted by Gasteiger charge is -2.13.